The number of ether oxygens (including phenoxy) is 1. The second-order valence-corrected chi connectivity index (χ2v) is 10.0. The van der Waals surface area contributed by atoms with E-state index in [0.717, 1.165) is 29.6 Å². The van der Waals surface area contributed by atoms with Crippen LogP contribution in [0, 0.1) is 40.4 Å². The van der Waals surface area contributed by atoms with E-state index in [1.807, 2.05) is 7.11 Å². The Hall–Kier alpha value is -0.0400. The van der Waals surface area contributed by atoms with Gasteiger partial charge in [-0.1, -0.05) is 27.2 Å². The Balaban J connectivity index is 1.60. The van der Waals surface area contributed by atoms with E-state index in [4.69, 9.17) is 4.74 Å². The van der Waals surface area contributed by atoms with Crippen LogP contribution in [0.2, 0.25) is 0 Å². The number of fused-ring (bicyclic) bond motifs is 5. The zero-order valence-electron chi connectivity index (χ0n) is 15.2. The summed E-state index contributed by atoms with van der Waals surface area (Å²) in [7, 11) is 1.93. The highest BCUT2D eigenvalue weighted by Gasteiger charge is 2.59. The van der Waals surface area contributed by atoms with Gasteiger partial charge in [-0.25, -0.2) is 0 Å². The maximum absolute atomic E-state index is 5.79. The Morgan fingerprint density at radius 3 is 2.50 bits per heavy atom. The van der Waals surface area contributed by atoms with Gasteiger partial charge in [0.25, 0.3) is 0 Å². The molecule has 0 unspecified atom stereocenters. The number of hydrogen-bond acceptors (Lipinski definition) is 1. The van der Waals surface area contributed by atoms with Crippen LogP contribution < -0.4 is 0 Å². The molecule has 0 heterocycles. The van der Waals surface area contributed by atoms with E-state index in [0.29, 0.717) is 16.9 Å². The molecule has 0 radical (unpaired) electrons. The van der Waals surface area contributed by atoms with Gasteiger partial charge in [0, 0.05) is 7.11 Å². The van der Waals surface area contributed by atoms with Gasteiger partial charge in [-0.15, -0.1) is 0 Å². The molecule has 0 aromatic heterocycles. The summed E-state index contributed by atoms with van der Waals surface area (Å²) >= 11 is 0. The number of methoxy groups -OCH3 is 1. The minimum atomic E-state index is 0.547. The molecule has 8 atom stereocenters. The lowest BCUT2D eigenvalue weighted by Crippen LogP contribution is -2.52. The Kier molecular flexibility index (Phi) is 3.68. The third kappa shape index (κ3) is 2.14. The van der Waals surface area contributed by atoms with Gasteiger partial charge in [0.15, 0.2) is 0 Å². The predicted molar refractivity (Wildman–Crippen MR) is 91.7 cm³/mol. The van der Waals surface area contributed by atoms with E-state index in [9.17, 15) is 0 Å². The topological polar surface area (TPSA) is 9.23 Å². The normalized spacial score (nSPS) is 57.8. The predicted octanol–water partition coefficient (Wildman–Crippen LogP) is 5.68. The summed E-state index contributed by atoms with van der Waals surface area (Å²) in [6, 6.07) is 0. The lowest BCUT2D eigenvalue weighted by Gasteiger charge is -2.60. The molecule has 4 aliphatic carbocycles. The van der Waals surface area contributed by atoms with Crippen molar-refractivity contribution in [1.82, 2.24) is 0 Å². The molecular formula is C21H36O. The van der Waals surface area contributed by atoms with Gasteiger partial charge < -0.3 is 4.74 Å². The molecule has 0 bridgehead atoms. The van der Waals surface area contributed by atoms with Crippen LogP contribution in [0.5, 0.6) is 0 Å². The van der Waals surface area contributed by atoms with Gasteiger partial charge in [0.05, 0.1) is 6.10 Å². The van der Waals surface area contributed by atoms with Gasteiger partial charge >= 0.3 is 0 Å². The first-order valence-corrected chi connectivity index (χ1v) is 9.99. The zero-order valence-corrected chi connectivity index (χ0v) is 15.2. The van der Waals surface area contributed by atoms with Crippen LogP contribution in [0.3, 0.4) is 0 Å². The van der Waals surface area contributed by atoms with Crippen LogP contribution in [0.25, 0.3) is 0 Å². The summed E-state index contributed by atoms with van der Waals surface area (Å²) in [5.41, 5.74) is 1.26. The van der Waals surface area contributed by atoms with Crippen LogP contribution in [0.1, 0.15) is 78.6 Å². The molecule has 0 aromatic carbocycles. The van der Waals surface area contributed by atoms with Crippen LogP contribution >= 0.6 is 0 Å². The molecule has 0 aliphatic heterocycles. The number of rotatable bonds is 1. The molecule has 4 saturated carbocycles. The highest BCUT2D eigenvalue weighted by Crippen LogP contribution is 2.66. The van der Waals surface area contributed by atoms with Gasteiger partial charge in [0.1, 0.15) is 0 Å². The van der Waals surface area contributed by atoms with E-state index in [2.05, 4.69) is 20.8 Å². The molecular weight excluding hydrogens is 268 g/mol. The molecule has 1 heteroatoms. The van der Waals surface area contributed by atoms with Crippen molar-refractivity contribution in [3.8, 4) is 0 Å². The van der Waals surface area contributed by atoms with Crippen molar-refractivity contribution in [2.24, 2.45) is 40.4 Å². The summed E-state index contributed by atoms with van der Waals surface area (Å²) < 4.78 is 5.79. The van der Waals surface area contributed by atoms with E-state index in [1.165, 1.54) is 57.8 Å². The van der Waals surface area contributed by atoms with E-state index in [-0.39, 0.29) is 0 Å². The summed E-state index contributed by atoms with van der Waals surface area (Å²) in [6.45, 7) is 7.76. The molecule has 4 fully saturated rings. The Morgan fingerprint density at radius 1 is 0.909 bits per heavy atom. The van der Waals surface area contributed by atoms with Crippen LogP contribution in [0.4, 0.5) is 0 Å². The summed E-state index contributed by atoms with van der Waals surface area (Å²) in [5.74, 6) is 4.99. The maximum Gasteiger partial charge on any atom is 0.0579 e. The second-order valence-electron chi connectivity index (χ2n) is 10.0. The second kappa shape index (κ2) is 5.23. The third-order valence-corrected chi connectivity index (χ3v) is 8.99. The first kappa shape index (κ1) is 15.5. The third-order valence-electron chi connectivity index (χ3n) is 8.99. The molecule has 0 spiro atoms. The summed E-state index contributed by atoms with van der Waals surface area (Å²) in [6.07, 6.45) is 13.8. The molecule has 1 nitrogen and oxygen atoms in total. The smallest absolute Gasteiger partial charge is 0.0579 e. The SMILES string of the molecule is CO[C@@H]1C[C@@H]2[C@H]3CC[C@@H]4C[C@@H](C)CC[C@@]4(C)[C@@H]3CC[C@@]2(C)C1. The van der Waals surface area contributed by atoms with Crippen molar-refractivity contribution >= 4 is 0 Å². The van der Waals surface area contributed by atoms with Crippen molar-refractivity contribution in [3.63, 3.8) is 0 Å². The Labute approximate surface area is 137 Å². The van der Waals surface area contributed by atoms with Crippen LogP contribution in [0.15, 0.2) is 0 Å². The average Bonchev–Trinajstić information content (AvgIpc) is 2.85. The number of hydrogen-bond donors (Lipinski definition) is 0. The van der Waals surface area contributed by atoms with E-state index < -0.39 is 0 Å². The minimum Gasteiger partial charge on any atom is -0.381 e. The zero-order chi connectivity index (χ0) is 15.5. The largest absolute Gasteiger partial charge is 0.381 e. The van der Waals surface area contributed by atoms with Crippen LogP contribution in [-0.2, 0) is 4.74 Å². The highest BCUT2D eigenvalue weighted by molar-refractivity contribution is 5.08. The van der Waals surface area contributed by atoms with E-state index in [1.54, 1.807) is 0 Å². The first-order chi connectivity index (χ1) is 10.5. The average molecular weight is 305 g/mol. The quantitative estimate of drug-likeness (QED) is 0.605. The summed E-state index contributed by atoms with van der Waals surface area (Å²) in [5, 5.41) is 0. The van der Waals surface area contributed by atoms with Crippen molar-refractivity contribution in [2.75, 3.05) is 7.11 Å². The lowest BCUT2D eigenvalue weighted by atomic mass is 9.45. The fourth-order valence-electron chi connectivity index (χ4n) is 7.65. The fourth-order valence-corrected chi connectivity index (χ4v) is 7.65. The van der Waals surface area contributed by atoms with Crippen molar-refractivity contribution in [1.29, 1.82) is 0 Å². The van der Waals surface area contributed by atoms with Gasteiger partial charge in [0.2, 0.25) is 0 Å². The van der Waals surface area contributed by atoms with Crippen LogP contribution in [-0.4, -0.2) is 13.2 Å². The molecule has 22 heavy (non-hydrogen) atoms. The van der Waals surface area contributed by atoms with Gasteiger partial charge in [-0.2, -0.15) is 0 Å². The molecule has 4 rings (SSSR count). The van der Waals surface area contributed by atoms with Gasteiger partial charge in [-0.3, -0.25) is 0 Å². The summed E-state index contributed by atoms with van der Waals surface area (Å²) in [4.78, 5) is 0. The van der Waals surface area contributed by atoms with Crippen molar-refractivity contribution in [3.05, 3.63) is 0 Å². The minimum absolute atomic E-state index is 0.547. The fraction of sp³-hybridized carbons (Fsp3) is 1.00. The monoisotopic (exact) mass is 304 g/mol. The van der Waals surface area contributed by atoms with Crippen molar-refractivity contribution < 1.29 is 4.74 Å². The molecule has 4 aliphatic rings. The Morgan fingerprint density at radius 2 is 1.73 bits per heavy atom. The standard InChI is InChI=1S/C21H36O/c1-14-7-10-21(3)15(11-14)5-6-17-18(21)8-9-20(2)13-16(22-4)12-19(17)20/h14-19H,5-13H2,1-4H3/t14-,15+,16+,17-,18+,19+,20-,21+/m0/s1. The molecule has 126 valence electrons. The molecule has 0 amide bonds. The molecule has 0 aromatic rings. The van der Waals surface area contributed by atoms with Crippen molar-refractivity contribution in [2.45, 2.75) is 84.7 Å². The maximum atomic E-state index is 5.79. The van der Waals surface area contributed by atoms with Gasteiger partial charge in [-0.05, 0) is 91.8 Å². The Bertz CT molecular complexity index is 432. The first-order valence-electron chi connectivity index (χ1n) is 9.99. The van der Waals surface area contributed by atoms with E-state index >= 15 is 0 Å². The molecule has 0 N–H and O–H groups in total. The molecule has 0 saturated heterocycles. The highest BCUT2D eigenvalue weighted by atomic mass is 16.5. The lowest BCUT2D eigenvalue weighted by molar-refractivity contribution is -0.110.